The first kappa shape index (κ1) is 17.4. The van der Waals surface area contributed by atoms with Crippen molar-refractivity contribution in [3.05, 3.63) is 85.1 Å². The highest BCUT2D eigenvalue weighted by molar-refractivity contribution is 7.13. The summed E-state index contributed by atoms with van der Waals surface area (Å²) in [6, 6.07) is 11.0. The Bertz CT molecular complexity index is 1290. The fraction of sp³-hybridized carbons (Fsp3) is 0.0526. The Morgan fingerprint density at radius 3 is 2.50 bits per heavy atom. The van der Waals surface area contributed by atoms with Crippen LogP contribution < -0.4 is 10.3 Å². The molecule has 0 spiro atoms. The van der Waals surface area contributed by atoms with E-state index < -0.39 is 11.9 Å². The van der Waals surface area contributed by atoms with Gasteiger partial charge in [-0.2, -0.15) is 0 Å². The Morgan fingerprint density at radius 1 is 1.04 bits per heavy atom. The SMILES string of the molecule is O=C1c2oc3ccc(Cl)cc3c(=O)c2[C@@H](c2ccc(Cl)cc2)N1c1nncs1. The molecule has 0 N–H and O–H groups in total. The zero-order valence-electron chi connectivity index (χ0n) is 13.9. The zero-order valence-corrected chi connectivity index (χ0v) is 16.3. The van der Waals surface area contributed by atoms with Crippen LogP contribution in [0.4, 0.5) is 5.13 Å². The fourth-order valence-electron chi connectivity index (χ4n) is 3.38. The third kappa shape index (κ3) is 2.55. The molecule has 0 fully saturated rings. The topological polar surface area (TPSA) is 76.3 Å². The highest BCUT2D eigenvalue weighted by Crippen LogP contribution is 2.41. The molecule has 0 unspecified atom stereocenters. The molecular formula is C19H9Cl2N3O3S. The molecular weight excluding hydrogens is 421 g/mol. The fourth-order valence-corrected chi connectivity index (χ4v) is 4.26. The number of aromatic nitrogens is 2. The van der Waals surface area contributed by atoms with Crippen molar-refractivity contribution in [3.63, 3.8) is 0 Å². The van der Waals surface area contributed by atoms with E-state index in [4.69, 9.17) is 27.6 Å². The van der Waals surface area contributed by atoms with Gasteiger partial charge in [0.1, 0.15) is 11.1 Å². The van der Waals surface area contributed by atoms with E-state index in [2.05, 4.69) is 10.2 Å². The van der Waals surface area contributed by atoms with Crippen LogP contribution in [0.25, 0.3) is 11.0 Å². The van der Waals surface area contributed by atoms with Gasteiger partial charge in [0.25, 0.3) is 5.91 Å². The number of hydrogen-bond donors (Lipinski definition) is 0. The Morgan fingerprint density at radius 2 is 1.79 bits per heavy atom. The van der Waals surface area contributed by atoms with Crippen LogP contribution in [0.5, 0.6) is 0 Å². The van der Waals surface area contributed by atoms with Gasteiger partial charge in [-0.05, 0) is 35.9 Å². The minimum Gasteiger partial charge on any atom is -0.450 e. The molecule has 5 rings (SSSR count). The molecule has 1 aliphatic heterocycles. The van der Waals surface area contributed by atoms with E-state index in [1.54, 1.807) is 42.5 Å². The largest absolute Gasteiger partial charge is 0.450 e. The van der Waals surface area contributed by atoms with E-state index in [9.17, 15) is 9.59 Å². The molecule has 9 heteroatoms. The Hall–Kier alpha value is -2.74. The quantitative estimate of drug-likeness (QED) is 0.461. The maximum absolute atomic E-state index is 13.3. The summed E-state index contributed by atoms with van der Waals surface area (Å²) in [6.07, 6.45) is 0. The lowest BCUT2D eigenvalue weighted by Gasteiger charge is -2.22. The van der Waals surface area contributed by atoms with Crippen LogP contribution in [-0.2, 0) is 0 Å². The maximum Gasteiger partial charge on any atom is 0.297 e. The second kappa shape index (κ2) is 6.41. The molecule has 6 nitrogen and oxygen atoms in total. The molecule has 0 saturated heterocycles. The van der Waals surface area contributed by atoms with Crippen molar-refractivity contribution in [2.75, 3.05) is 4.90 Å². The van der Waals surface area contributed by atoms with E-state index in [0.29, 0.717) is 31.7 Å². The van der Waals surface area contributed by atoms with E-state index in [1.807, 2.05) is 0 Å². The lowest BCUT2D eigenvalue weighted by molar-refractivity contribution is 0.0970. The summed E-state index contributed by atoms with van der Waals surface area (Å²) in [5, 5.41) is 9.49. The maximum atomic E-state index is 13.3. The molecule has 2 aromatic heterocycles. The molecule has 1 aliphatic rings. The van der Waals surface area contributed by atoms with Gasteiger partial charge in [-0.1, -0.05) is 46.7 Å². The van der Waals surface area contributed by atoms with E-state index in [0.717, 1.165) is 0 Å². The van der Waals surface area contributed by atoms with Gasteiger partial charge in [-0.15, -0.1) is 10.2 Å². The van der Waals surface area contributed by atoms with Crippen molar-refractivity contribution in [3.8, 4) is 0 Å². The number of anilines is 1. The van der Waals surface area contributed by atoms with Crippen molar-refractivity contribution in [2.45, 2.75) is 6.04 Å². The minimum absolute atomic E-state index is 0.00466. The van der Waals surface area contributed by atoms with E-state index in [-0.39, 0.29) is 16.8 Å². The van der Waals surface area contributed by atoms with Crippen LogP contribution in [-0.4, -0.2) is 16.1 Å². The number of carbonyl (C=O) groups is 1. The van der Waals surface area contributed by atoms with Crippen LogP contribution >= 0.6 is 34.5 Å². The number of amides is 1. The average molecular weight is 430 g/mol. The summed E-state index contributed by atoms with van der Waals surface area (Å²) >= 11 is 13.3. The first-order valence-corrected chi connectivity index (χ1v) is 9.79. The van der Waals surface area contributed by atoms with Crippen molar-refractivity contribution in [2.24, 2.45) is 0 Å². The van der Waals surface area contributed by atoms with Crippen molar-refractivity contribution < 1.29 is 9.21 Å². The second-order valence-corrected chi connectivity index (χ2v) is 7.85. The molecule has 4 aromatic rings. The zero-order chi connectivity index (χ0) is 19.4. The lowest BCUT2D eigenvalue weighted by atomic mass is 9.99. The minimum atomic E-state index is -0.702. The van der Waals surface area contributed by atoms with Gasteiger partial charge < -0.3 is 4.42 Å². The van der Waals surface area contributed by atoms with E-state index in [1.165, 1.54) is 21.7 Å². The number of halogens is 2. The molecule has 1 amide bonds. The molecule has 3 heterocycles. The third-order valence-electron chi connectivity index (χ3n) is 4.57. The first-order valence-electron chi connectivity index (χ1n) is 8.16. The van der Waals surface area contributed by atoms with Crippen LogP contribution in [0.3, 0.4) is 0 Å². The van der Waals surface area contributed by atoms with Gasteiger partial charge in [0, 0.05) is 10.0 Å². The Balaban J connectivity index is 1.83. The molecule has 0 aliphatic carbocycles. The Labute approximate surface area is 171 Å². The molecule has 138 valence electrons. The normalized spacial score (nSPS) is 16.0. The van der Waals surface area contributed by atoms with Crippen molar-refractivity contribution in [1.29, 1.82) is 0 Å². The smallest absolute Gasteiger partial charge is 0.297 e. The van der Waals surface area contributed by atoms with E-state index >= 15 is 0 Å². The lowest BCUT2D eigenvalue weighted by Crippen LogP contribution is -2.29. The first-order chi connectivity index (χ1) is 13.5. The third-order valence-corrected chi connectivity index (χ3v) is 5.75. The number of nitrogens with zero attached hydrogens (tertiary/aromatic N) is 3. The van der Waals surface area contributed by atoms with Gasteiger partial charge in [0.15, 0.2) is 5.43 Å². The number of fused-ring (bicyclic) bond motifs is 2. The van der Waals surface area contributed by atoms with Crippen molar-refractivity contribution >= 4 is 56.5 Å². The summed E-state index contributed by atoms with van der Waals surface area (Å²) in [7, 11) is 0. The molecule has 0 saturated carbocycles. The summed E-state index contributed by atoms with van der Waals surface area (Å²) in [4.78, 5) is 27.9. The predicted molar refractivity (Wildman–Crippen MR) is 108 cm³/mol. The summed E-state index contributed by atoms with van der Waals surface area (Å²) in [5.74, 6) is -0.448. The van der Waals surface area contributed by atoms with Crippen molar-refractivity contribution in [1.82, 2.24) is 10.2 Å². The standard InChI is InChI=1S/C19H9Cl2N3O3S/c20-10-3-1-9(2-4-10)15-14-16(25)12-7-11(21)5-6-13(12)27-17(14)18(26)24(15)19-23-22-8-28-19/h1-8,15H/t15-/m1/s1. The van der Waals surface area contributed by atoms with Gasteiger partial charge >= 0.3 is 0 Å². The highest BCUT2D eigenvalue weighted by atomic mass is 35.5. The molecule has 0 bridgehead atoms. The van der Waals surface area contributed by atoms with Gasteiger partial charge in [-0.25, -0.2) is 0 Å². The van der Waals surface area contributed by atoms with Crippen LogP contribution in [0, 0.1) is 0 Å². The summed E-state index contributed by atoms with van der Waals surface area (Å²) in [5.41, 5.74) is 2.47. The van der Waals surface area contributed by atoms with Gasteiger partial charge in [-0.3, -0.25) is 14.5 Å². The Kier molecular flexibility index (Phi) is 3.97. The molecule has 28 heavy (non-hydrogen) atoms. The molecule has 0 radical (unpaired) electrons. The number of rotatable bonds is 2. The predicted octanol–water partition coefficient (Wildman–Crippen LogP) is 4.70. The second-order valence-electron chi connectivity index (χ2n) is 6.17. The monoisotopic (exact) mass is 429 g/mol. The van der Waals surface area contributed by atoms with Crippen LogP contribution in [0.1, 0.15) is 27.7 Å². The highest BCUT2D eigenvalue weighted by Gasteiger charge is 2.44. The summed E-state index contributed by atoms with van der Waals surface area (Å²) < 4.78 is 5.84. The molecule has 2 aromatic carbocycles. The number of carbonyl (C=O) groups excluding carboxylic acids is 1. The van der Waals surface area contributed by atoms with Gasteiger partial charge in [0.05, 0.1) is 17.0 Å². The van der Waals surface area contributed by atoms with Gasteiger partial charge in [0.2, 0.25) is 10.9 Å². The molecule has 1 atom stereocenters. The van der Waals surface area contributed by atoms with Crippen LogP contribution in [0.15, 0.2) is 57.2 Å². The van der Waals surface area contributed by atoms with Crippen LogP contribution in [0.2, 0.25) is 10.0 Å². The average Bonchev–Trinajstić information content (AvgIpc) is 3.30. The number of hydrogen-bond acceptors (Lipinski definition) is 6. The number of benzene rings is 2. The summed E-state index contributed by atoms with van der Waals surface area (Å²) in [6.45, 7) is 0.